The molecule has 4 heteroatoms. The highest BCUT2D eigenvalue weighted by molar-refractivity contribution is 5.76. The molecule has 0 aliphatic carbocycles. The highest BCUT2D eigenvalue weighted by atomic mass is 16.2. The molecule has 70 valence electrons. The first kappa shape index (κ1) is 9.48. The van der Waals surface area contributed by atoms with Crippen molar-refractivity contribution in [2.45, 2.75) is 32.4 Å². The highest BCUT2D eigenvalue weighted by Gasteiger charge is 2.28. The maximum Gasteiger partial charge on any atom is 0.238 e. The maximum atomic E-state index is 11.3. The summed E-state index contributed by atoms with van der Waals surface area (Å²) in [4.78, 5) is 11.3. The van der Waals surface area contributed by atoms with Gasteiger partial charge in [-0.15, -0.1) is 0 Å². The summed E-state index contributed by atoms with van der Waals surface area (Å²) in [5, 5.41) is 3.67. The molecule has 0 saturated carbocycles. The molecular weight excluding hydrogens is 154 g/mol. The molecule has 4 nitrogen and oxygen atoms in total. The van der Waals surface area contributed by atoms with E-state index in [0.717, 1.165) is 6.54 Å². The van der Waals surface area contributed by atoms with Crippen molar-refractivity contribution in [2.75, 3.05) is 13.6 Å². The number of hydrazine groups is 1. The Bertz CT molecular complexity index is 181. The van der Waals surface area contributed by atoms with Crippen molar-refractivity contribution in [3.8, 4) is 0 Å². The predicted octanol–water partition coefficient (Wildman–Crippen LogP) is -0.199. The number of amides is 1. The molecule has 0 radical (unpaired) electrons. The molecule has 12 heavy (non-hydrogen) atoms. The summed E-state index contributed by atoms with van der Waals surface area (Å²) < 4.78 is 0. The van der Waals surface area contributed by atoms with Gasteiger partial charge in [0.05, 0.1) is 0 Å². The van der Waals surface area contributed by atoms with E-state index in [1.54, 1.807) is 12.1 Å². The summed E-state index contributed by atoms with van der Waals surface area (Å²) >= 11 is 0. The topological polar surface area (TPSA) is 49.6 Å². The molecule has 0 bridgehead atoms. The first-order chi connectivity index (χ1) is 5.52. The molecule has 1 aliphatic heterocycles. The summed E-state index contributed by atoms with van der Waals surface area (Å²) in [5.41, 5.74) is 5.73. The minimum atomic E-state index is -0.00361. The van der Waals surface area contributed by atoms with Gasteiger partial charge in [-0.2, -0.15) is 0 Å². The quantitative estimate of drug-likeness (QED) is 0.594. The molecule has 1 aliphatic rings. The normalized spacial score (nSPS) is 26.9. The Kier molecular flexibility index (Phi) is 2.69. The fourth-order valence-electron chi connectivity index (χ4n) is 1.48. The molecule has 0 unspecified atom stereocenters. The molecule has 0 aromatic rings. The summed E-state index contributed by atoms with van der Waals surface area (Å²) in [5.74, 6) is 0.113. The average Bonchev–Trinajstić information content (AvgIpc) is 1.96. The van der Waals surface area contributed by atoms with Gasteiger partial charge in [-0.1, -0.05) is 0 Å². The lowest BCUT2D eigenvalue weighted by Crippen LogP contribution is -2.57. The molecular formula is C8H17N3O. The fraction of sp³-hybridized carbons (Fsp3) is 0.875. The Balaban J connectivity index is 2.66. The van der Waals surface area contributed by atoms with E-state index >= 15 is 0 Å². The molecule has 1 rings (SSSR count). The van der Waals surface area contributed by atoms with Gasteiger partial charge < -0.3 is 5.73 Å². The number of carbonyl (C=O) groups excluding carboxylic acids is 1. The number of nitrogens with two attached hydrogens (primary N) is 1. The van der Waals surface area contributed by atoms with Crippen molar-refractivity contribution >= 4 is 5.91 Å². The third-order valence-electron chi connectivity index (χ3n) is 2.20. The van der Waals surface area contributed by atoms with Crippen LogP contribution in [0, 0.1) is 0 Å². The monoisotopic (exact) mass is 171 g/mol. The van der Waals surface area contributed by atoms with Crippen molar-refractivity contribution in [1.29, 1.82) is 0 Å². The van der Waals surface area contributed by atoms with E-state index in [1.165, 1.54) is 0 Å². The van der Waals surface area contributed by atoms with E-state index in [1.807, 2.05) is 5.01 Å². The highest BCUT2D eigenvalue weighted by Crippen LogP contribution is 2.12. The van der Waals surface area contributed by atoms with Crippen LogP contribution in [0.15, 0.2) is 0 Å². The lowest BCUT2D eigenvalue weighted by Gasteiger charge is -2.40. The average molecular weight is 171 g/mol. The summed E-state index contributed by atoms with van der Waals surface area (Å²) in [6, 6.07) is 0.335. The van der Waals surface area contributed by atoms with Crippen LogP contribution in [-0.2, 0) is 4.79 Å². The van der Waals surface area contributed by atoms with Crippen molar-refractivity contribution in [3.63, 3.8) is 0 Å². The van der Waals surface area contributed by atoms with Gasteiger partial charge in [-0.3, -0.25) is 9.80 Å². The zero-order valence-corrected chi connectivity index (χ0v) is 7.95. The summed E-state index contributed by atoms with van der Waals surface area (Å²) in [6.45, 7) is 4.89. The summed E-state index contributed by atoms with van der Waals surface area (Å²) in [6.07, 6.45) is 0.472. The third kappa shape index (κ3) is 1.76. The number of hydrogen-bond acceptors (Lipinski definition) is 3. The second kappa shape index (κ2) is 3.41. The molecule has 2 N–H and O–H groups in total. The number of carbonyl (C=O) groups is 1. The third-order valence-corrected chi connectivity index (χ3v) is 2.20. The van der Waals surface area contributed by atoms with E-state index in [9.17, 15) is 4.79 Å². The molecule has 1 fully saturated rings. The van der Waals surface area contributed by atoms with Gasteiger partial charge in [0.1, 0.15) is 0 Å². The van der Waals surface area contributed by atoms with E-state index in [2.05, 4.69) is 13.8 Å². The largest absolute Gasteiger partial charge is 0.326 e. The second-order valence-corrected chi connectivity index (χ2v) is 3.60. The molecule has 1 saturated heterocycles. The van der Waals surface area contributed by atoms with Crippen LogP contribution < -0.4 is 5.73 Å². The van der Waals surface area contributed by atoms with Gasteiger partial charge in [0, 0.05) is 32.1 Å². The predicted molar refractivity (Wildman–Crippen MR) is 47.2 cm³/mol. The Hall–Kier alpha value is -0.610. The Morgan fingerprint density at radius 1 is 1.58 bits per heavy atom. The Morgan fingerprint density at radius 3 is 2.67 bits per heavy atom. The Morgan fingerprint density at radius 2 is 2.17 bits per heavy atom. The second-order valence-electron chi connectivity index (χ2n) is 3.60. The zero-order valence-electron chi connectivity index (χ0n) is 7.95. The van der Waals surface area contributed by atoms with Gasteiger partial charge in [-0.25, -0.2) is 5.01 Å². The first-order valence-corrected chi connectivity index (χ1v) is 4.31. The lowest BCUT2D eigenvalue weighted by molar-refractivity contribution is -0.156. The fourth-order valence-corrected chi connectivity index (χ4v) is 1.48. The molecule has 1 heterocycles. The Labute approximate surface area is 73.3 Å². The molecule has 1 amide bonds. The van der Waals surface area contributed by atoms with Crippen molar-refractivity contribution in [2.24, 2.45) is 5.73 Å². The minimum Gasteiger partial charge on any atom is -0.326 e. The van der Waals surface area contributed by atoms with Crippen LogP contribution in [0.2, 0.25) is 0 Å². The number of rotatable bonds is 1. The first-order valence-electron chi connectivity index (χ1n) is 4.31. The van der Waals surface area contributed by atoms with Gasteiger partial charge in [0.2, 0.25) is 5.91 Å². The van der Waals surface area contributed by atoms with Crippen LogP contribution in [0.1, 0.15) is 20.3 Å². The molecule has 1 atom stereocenters. The van der Waals surface area contributed by atoms with E-state index in [-0.39, 0.29) is 11.9 Å². The van der Waals surface area contributed by atoms with Gasteiger partial charge in [-0.05, 0) is 13.8 Å². The SMILES string of the molecule is CC(C)N1C[C@H](N)CC(=O)N1C. The minimum absolute atomic E-state index is 0.00361. The number of nitrogens with zero attached hydrogens (tertiary/aromatic N) is 2. The van der Waals surface area contributed by atoms with Gasteiger partial charge in [0.25, 0.3) is 0 Å². The van der Waals surface area contributed by atoms with Crippen LogP contribution in [0.3, 0.4) is 0 Å². The van der Waals surface area contributed by atoms with Crippen LogP contribution in [0.4, 0.5) is 0 Å². The van der Waals surface area contributed by atoms with Gasteiger partial charge in [0.15, 0.2) is 0 Å². The van der Waals surface area contributed by atoms with Crippen LogP contribution in [-0.4, -0.2) is 41.6 Å². The van der Waals surface area contributed by atoms with Crippen LogP contribution >= 0.6 is 0 Å². The van der Waals surface area contributed by atoms with E-state index < -0.39 is 0 Å². The molecule has 0 aromatic carbocycles. The maximum absolute atomic E-state index is 11.3. The van der Waals surface area contributed by atoms with Crippen molar-refractivity contribution in [3.05, 3.63) is 0 Å². The molecule has 0 spiro atoms. The van der Waals surface area contributed by atoms with Gasteiger partial charge >= 0.3 is 0 Å². The number of hydrogen-bond donors (Lipinski definition) is 1. The molecule has 0 aromatic heterocycles. The van der Waals surface area contributed by atoms with E-state index in [0.29, 0.717) is 12.5 Å². The standard InChI is InChI=1S/C8H17N3O/c1-6(2)11-5-7(9)4-8(12)10(11)3/h6-7H,4-5,9H2,1-3H3/t7-/m1/s1. The van der Waals surface area contributed by atoms with E-state index in [4.69, 9.17) is 5.73 Å². The van der Waals surface area contributed by atoms with Crippen molar-refractivity contribution in [1.82, 2.24) is 10.0 Å². The van der Waals surface area contributed by atoms with Crippen LogP contribution in [0.25, 0.3) is 0 Å². The van der Waals surface area contributed by atoms with Crippen molar-refractivity contribution < 1.29 is 4.79 Å². The lowest BCUT2D eigenvalue weighted by atomic mass is 10.1. The zero-order chi connectivity index (χ0) is 9.30. The summed E-state index contributed by atoms with van der Waals surface area (Å²) in [7, 11) is 1.80. The van der Waals surface area contributed by atoms with Crippen LogP contribution in [0.5, 0.6) is 0 Å². The smallest absolute Gasteiger partial charge is 0.238 e.